The van der Waals surface area contributed by atoms with E-state index in [-0.39, 0.29) is 31.4 Å². The molecule has 0 spiro atoms. The highest BCUT2D eigenvalue weighted by molar-refractivity contribution is 5.72. The summed E-state index contributed by atoms with van der Waals surface area (Å²) in [4.78, 5) is 23.6. The molecule has 0 saturated carbocycles. The van der Waals surface area contributed by atoms with Gasteiger partial charge in [-0.2, -0.15) is 0 Å². The van der Waals surface area contributed by atoms with Crippen molar-refractivity contribution in [2.75, 3.05) is 13.7 Å². The van der Waals surface area contributed by atoms with E-state index in [4.69, 9.17) is 14.2 Å². The van der Waals surface area contributed by atoms with Crippen molar-refractivity contribution < 1.29 is 23.8 Å². The molecule has 1 aromatic rings. The summed E-state index contributed by atoms with van der Waals surface area (Å²) in [5.41, 5.74) is 0.823. The number of para-hydroxylation sites is 1. The highest BCUT2D eigenvalue weighted by Gasteiger charge is 2.09. The van der Waals surface area contributed by atoms with Crippen LogP contribution in [-0.2, 0) is 25.7 Å². The zero-order chi connectivity index (χ0) is 21.2. The first kappa shape index (κ1) is 25.0. The maximum absolute atomic E-state index is 11.8. The van der Waals surface area contributed by atoms with E-state index < -0.39 is 0 Å². The van der Waals surface area contributed by atoms with Crippen LogP contribution in [0.1, 0.15) is 89.5 Å². The number of rotatable bonds is 17. The van der Waals surface area contributed by atoms with Gasteiger partial charge >= 0.3 is 11.9 Å². The Morgan fingerprint density at radius 1 is 0.759 bits per heavy atom. The van der Waals surface area contributed by atoms with Crippen LogP contribution in [0.2, 0.25) is 0 Å². The average Bonchev–Trinajstić information content (AvgIpc) is 2.73. The lowest BCUT2D eigenvalue weighted by atomic mass is 10.1. The molecule has 0 unspecified atom stereocenters. The number of unbranched alkanes of at least 4 members (excludes halogenated alkanes) is 8. The number of esters is 2. The Labute approximate surface area is 176 Å². The number of carbonyl (C=O) groups is 2. The minimum absolute atomic E-state index is 0.173. The van der Waals surface area contributed by atoms with Crippen molar-refractivity contribution in [1.82, 2.24) is 0 Å². The number of hydrogen-bond acceptors (Lipinski definition) is 5. The molecule has 0 heterocycles. The maximum Gasteiger partial charge on any atom is 0.306 e. The van der Waals surface area contributed by atoms with Gasteiger partial charge in [0.25, 0.3) is 0 Å². The van der Waals surface area contributed by atoms with E-state index in [0.717, 1.165) is 18.4 Å². The molecular formula is C24H38O5. The monoisotopic (exact) mass is 406 g/mol. The molecule has 0 aliphatic rings. The van der Waals surface area contributed by atoms with Crippen LogP contribution in [0.5, 0.6) is 5.75 Å². The molecule has 0 bridgehead atoms. The Balaban J connectivity index is 1.97. The predicted octanol–water partition coefficient (Wildman–Crippen LogP) is 5.98. The van der Waals surface area contributed by atoms with Crippen molar-refractivity contribution >= 4 is 11.9 Å². The summed E-state index contributed by atoms with van der Waals surface area (Å²) in [5.74, 6) is 0.144. The van der Waals surface area contributed by atoms with Crippen LogP contribution in [0.4, 0.5) is 0 Å². The number of carbonyl (C=O) groups excluding carboxylic acids is 2. The third-order valence-corrected chi connectivity index (χ3v) is 4.85. The molecule has 1 aromatic carbocycles. The molecule has 5 heteroatoms. The Hall–Kier alpha value is -2.04. The number of hydrogen-bond donors (Lipinski definition) is 0. The van der Waals surface area contributed by atoms with Gasteiger partial charge in [0.15, 0.2) is 0 Å². The standard InChI is InChI=1S/C24H38O5/c1-3-4-5-6-7-8-9-10-13-19-28-23(25)17-14-18-24(26)29-20-21-15-11-12-16-22(21)27-2/h11-12,15-16H,3-10,13-14,17-20H2,1-2H3. The van der Waals surface area contributed by atoms with Gasteiger partial charge in [-0.1, -0.05) is 76.5 Å². The summed E-state index contributed by atoms with van der Waals surface area (Å²) in [5, 5.41) is 0. The molecule has 0 aromatic heterocycles. The summed E-state index contributed by atoms with van der Waals surface area (Å²) >= 11 is 0. The molecule has 1 rings (SSSR count). The third kappa shape index (κ3) is 12.9. The summed E-state index contributed by atoms with van der Waals surface area (Å²) in [6.45, 7) is 2.88. The molecule has 0 radical (unpaired) electrons. The second-order valence-corrected chi connectivity index (χ2v) is 7.37. The number of benzene rings is 1. The number of methoxy groups -OCH3 is 1. The normalized spacial score (nSPS) is 10.6. The van der Waals surface area contributed by atoms with Gasteiger partial charge in [-0.25, -0.2) is 0 Å². The van der Waals surface area contributed by atoms with Gasteiger partial charge in [0, 0.05) is 18.4 Å². The van der Waals surface area contributed by atoms with E-state index in [1.54, 1.807) is 7.11 Å². The van der Waals surface area contributed by atoms with Gasteiger partial charge in [-0.15, -0.1) is 0 Å². The fraction of sp³-hybridized carbons (Fsp3) is 0.667. The predicted molar refractivity (Wildman–Crippen MR) is 115 cm³/mol. The van der Waals surface area contributed by atoms with Gasteiger partial charge in [0.2, 0.25) is 0 Å². The first-order valence-corrected chi connectivity index (χ1v) is 11.1. The van der Waals surface area contributed by atoms with Crippen molar-refractivity contribution in [2.45, 2.75) is 90.6 Å². The summed E-state index contributed by atoms with van der Waals surface area (Å²) in [6, 6.07) is 7.42. The molecule has 0 fully saturated rings. The molecule has 0 aliphatic carbocycles. The van der Waals surface area contributed by atoms with Gasteiger partial charge in [0.1, 0.15) is 12.4 Å². The lowest BCUT2D eigenvalue weighted by Gasteiger charge is -2.09. The van der Waals surface area contributed by atoms with Crippen molar-refractivity contribution in [3.63, 3.8) is 0 Å². The maximum atomic E-state index is 11.8. The average molecular weight is 407 g/mol. The lowest BCUT2D eigenvalue weighted by molar-refractivity contribution is -0.146. The fourth-order valence-electron chi connectivity index (χ4n) is 3.10. The van der Waals surface area contributed by atoms with Gasteiger partial charge in [0.05, 0.1) is 13.7 Å². The van der Waals surface area contributed by atoms with Crippen LogP contribution >= 0.6 is 0 Å². The molecule has 164 valence electrons. The number of ether oxygens (including phenoxy) is 3. The Morgan fingerprint density at radius 3 is 2.00 bits per heavy atom. The van der Waals surface area contributed by atoms with Crippen LogP contribution in [-0.4, -0.2) is 25.7 Å². The third-order valence-electron chi connectivity index (χ3n) is 4.85. The zero-order valence-electron chi connectivity index (χ0n) is 18.3. The highest BCUT2D eigenvalue weighted by Crippen LogP contribution is 2.18. The quantitative estimate of drug-likeness (QED) is 0.235. The molecule has 5 nitrogen and oxygen atoms in total. The van der Waals surface area contributed by atoms with Crippen molar-refractivity contribution in [3.05, 3.63) is 29.8 Å². The van der Waals surface area contributed by atoms with E-state index in [1.807, 2.05) is 24.3 Å². The van der Waals surface area contributed by atoms with Crippen LogP contribution in [0.25, 0.3) is 0 Å². The summed E-state index contributed by atoms with van der Waals surface area (Å²) in [7, 11) is 1.58. The smallest absolute Gasteiger partial charge is 0.306 e. The minimum Gasteiger partial charge on any atom is -0.496 e. The molecule has 0 N–H and O–H groups in total. The Morgan fingerprint density at radius 2 is 1.34 bits per heavy atom. The van der Waals surface area contributed by atoms with Crippen LogP contribution < -0.4 is 4.74 Å². The molecule has 0 aliphatic heterocycles. The van der Waals surface area contributed by atoms with Crippen LogP contribution in [0, 0.1) is 0 Å². The molecule has 0 atom stereocenters. The first-order chi connectivity index (χ1) is 14.2. The van der Waals surface area contributed by atoms with Crippen LogP contribution in [0.15, 0.2) is 24.3 Å². The molecule has 29 heavy (non-hydrogen) atoms. The lowest BCUT2D eigenvalue weighted by Crippen LogP contribution is -2.09. The second kappa shape index (κ2) is 16.9. The van der Waals surface area contributed by atoms with Crippen LogP contribution in [0.3, 0.4) is 0 Å². The van der Waals surface area contributed by atoms with E-state index in [2.05, 4.69) is 6.92 Å². The van der Waals surface area contributed by atoms with E-state index >= 15 is 0 Å². The zero-order valence-corrected chi connectivity index (χ0v) is 18.3. The largest absolute Gasteiger partial charge is 0.496 e. The van der Waals surface area contributed by atoms with Gasteiger partial charge < -0.3 is 14.2 Å². The molecule has 0 saturated heterocycles. The van der Waals surface area contributed by atoms with Crippen molar-refractivity contribution in [1.29, 1.82) is 0 Å². The molecule has 0 amide bonds. The highest BCUT2D eigenvalue weighted by atomic mass is 16.5. The minimum atomic E-state index is -0.317. The topological polar surface area (TPSA) is 61.8 Å². The Bertz CT molecular complexity index is 570. The summed E-state index contributed by atoms with van der Waals surface area (Å²) < 4.78 is 15.7. The first-order valence-electron chi connectivity index (χ1n) is 11.1. The molecular weight excluding hydrogens is 368 g/mol. The van der Waals surface area contributed by atoms with E-state index in [9.17, 15) is 9.59 Å². The Kier molecular flexibility index (Phi) is 14.5. The summed E-state index contributed by atoms with van der Waals surface area (Å²) in [6.07, 6.45) is 12.0. The van der Waals surface area contributed by atoms with Gasteiger partial charge in [-0.05, 0) is 18.9 Å². The van der Waals surface area contributed by atoms with E-state index in [0.29, 0.717) is 18.8 Å². The SMILES string of the molecule is CCCCCCCCCCCOC(=O)CCCC(=O)OCc1ccccc1OC. The fourth-order valence-corrected chi connectivity index (χ4v) is 3.10. The van der Waals surface area contributed by atoms with Crippen molar-refractivity contribution in [2.24, 2.45) is 0 Å². The van der Waals surface area contributed by atoms with E-state index in [1.165, 1.54) is 44.9 Å². The van der Waals surface area contributed by atoms with Crippen molar-refractivity contribution in [3.8, 4) is 5.75 Å². The van der Waals surface area contributed by atoms with Gasteiger partial charge in [-0.3, -0.25) is 9.59 Å². The second-order valence-electron chi connectivity index (χ2n) is 7.37.